The van der Waals surface area contributed by atoms with E-state index in [1.165, 1.54) is 37.7 Å². The van der Waals surface area contributed by atoms with Crippen molar-refractivity contribution in [1.29, 1.82) is 0 Å². The van der Waals surface area contributed by atoms with Crippen molar-refractivity contribution in [3.8, 4) is 22.3 Å². The van der Waals surface area contributed by atoms with Crippen molar-refractivity contribution in [3.05, 3.63) is 72.6 Å². The van der Waals surface area contributed by atoms with E-state index in [1.807, 2.05) is 30.6 Å². The van der Waals surface area contributed by atoms with Crippen LogP contribution in [0.5, 0.6) is 0 Å². The minimum Gasteiger partial charge on any atom is -0.383 e. The van der Waals surface area contributed by atoms with Crippen LogP contribution in [0.2, 0.25) is 0 Å². The Morgan fingerprint density at radius 1 is 0.786 bits per heavy atom. The lowest BCUT2D eigenvalue weighted by molar-refractivity contribution is 0.443. The summed E-state index contributed by atoms with van der Waals surface area (Å²) in [5, 5.41) is 4.50. The van der Waals surface area contributed by atoms with Crippen molar-refractivity contribution in [2.24, 2.45) is 0 Å². The number of nitrogens with zero attached hydrogens (tertiary/aromatic N) is 3. The van der Waals surface area contributed by atoms with Gasteiger partial charge in [0.1, 0.15) is 5.82 Å². The highest BCUT2D eigenvalue weighted by atomic mass is 15.3. The maximum Gasteiger partial charge on any atom is 0.165 e. The van der Waals surface area contributed by atoms with Crippen LogP contribution < -0.4 is 5.73 Å². The van der Waals surface area contributed by atoms with Gasteiger partial charge in [0.2, 0.25) is 0 Å². The van der Waals surface area contributed by atoms with Gasteiger partial charge >= 0.3 is 0 Å². The Labute approximate surface area is 165 Å². The summed E-state index contributed by atoms with van der Waals surface area (Å²) in [5.74, 6) is 1.33. The first-order valence-corrected chi connectivity index (χ1v) is 10.1. The number of aromatic nitrogens is 3. The Hall–Kier alpha value is -3.14. The largest absolute Gasteiger partial charge is 0.383 e. The van der Waals surface area contributed by atoms with Gasteiger partial charge in [-0.15, -0.1) is 0 Å². The van der Waals surface area contributed by atoms with E-state index >= 15 is 0 Å². The molecule has 5 rings (SSSR count). The minimum atomic E-state index is 0.623. The number of rotatable bonds is 3. The molecule has 0 atom stereocenters. The molecule has 4 heteroatoms. The van der Waals surface area contributed by atoms with Gasteiger partial charge in [-0.05, 0) is 35.4 Å². The zero-order valence-corrected chi connectivity index (χ0v) is 15.9. The van der Waals surface area contributed by atoms with Gasteiger partial charge in [-0.1, -0.05) is 73.9 Å². The zero-order valence-electron chi connectivity index (χ0n) is 15.9. The van der Waals surface area contributed by atoms with Gasteiger partial charge in [-0.2, -0.15) is 9.61 Å². The maximum atomic E-state index is 6.48. The van der Waals surface area contributed by atoms with Gasteiger partial charge in [0.15, 0.2) is 5.65 Å². The van der Waals surface area contributed by atoms with Crippen LogP contribution in [0.15, 0.2) is 67.0 Å². The SMILES string of the molecule is Nc1c(-c2ccc(C3CCCCC3)cc2)cnc2c(-c3ccccc3)cnn12. The Kier molecular flexibility index (Phi) is 4.32. The van der Waals surface area contributed by atoms with E-state index in [2.05, 4.69) is 46.5 Å². The highest BCUT2D eigenvalue weighted by Crippen LogP contribution is 2.35. The molecule has 4 aromatic rings. The molecular weight excluding hydrogens is 344 g/mol. The molecule has 1 fully saturated rings. The number of benzene rings is 2. The fourth-order valence-electron chi connectivity index (χ4n) is 4.36. The van der Waals surface area contributed by atoms with Crippen LogP contribution in [0.3, 0.4) is 0 Å². The lowest BCUT2D eigenvalue weighted by Gasteiger charge is -2.22. The van der Waals surface area contributed by atoms with Crippen molar-refractivity contribution in [1.82, 2.24) is 14.6 Å². The monoisotopic (exact) mass is 368 g/mol. The third-order valence-corrected chi connectivity index (χ3v) is 5.95. The van der Waals surface area contributed by atoms with E-state index < -0.39 is 0 Å². The third kappa shape index (κ3) is 2.95. The normalized spacial score (nSPS) is 15.1. The van der Waals surface area contributed by atoms with Crippen LogP contribution >= 0.6 is 0 Å². The topological polar surface area (TPSA) is 56.2 Å². The molecule has 0 bridgehead atoms. The molecular formula is C24H24N4. The van der Waals surface area contributed by atoms with Crippen LogP contribution in [0.25, 0.3) is 27.9 Å². The number of nitrogens with two attached hydrogens (primary N) is 1. The Bertz CT molecular complexity index is 1090. The molecule has 140 valence electrons. The molecule has 0 spiro atoms. The fraction of sp³-hybridized carbons (Fsp3) is 0.250. The smallest absolute Gasteiger partial charge is 0.165 e. The van der Waals surface area contributed by atoms with Gasteiger partial charge in [0.05, 0.1) is 6.20 Å². The predicted molar refractivity (Wildman–Crippen MR) is 114 cm³/mol. The van der Waals surface area contributed by atoms with Crippen molar-refractivity contribution in [2.75, 3.05) is 5.73 Å². The zero-order chi connectivity index (χ0) is 18.9. The molecule has 2 aromatic carbocycles. The molecule has 0 radical (unpaired) electrons. The lowest BCUT2D eigenvalue weighted by Crippen LogP contribution is -2.05. The molecule has 1 aliphatic rings. The quantitative estimate of drug-likeness (QED) is 0.505. The summed E-state index contributed by atoms with van der Waals surface area (Å²) in [5.41, 5.74) is 12.8. The summed E-state index contributed by atoms with van der Waals surface area (Å²) >= 11 is 0. The Morgan fingerprint density at radius 2 is 1.50 bits per heavy atom. The minimum absolute atomic E-state index is 0.623. The number of hydrogen-bond acceptors (Lipinski definition) is 3. The summed E-state index contributed by atoms with van der Waals surface area (Å²) in [7, 11) is 0. The first-order chi connectivity index (χ1) is 13.8. The molecule has 2 aromatic heterocycles. The number of nitrogen functional groups attached to an aromatic ring is 1. The number of hydrogen-bond donors (Lipinski definition) is 1. The highest BCUT2D eigenvalue weighted by molar-refractivity contribution is 5.82. The summed E-state index contributed by atoms with van der Waals surface area (Å²) in [6.45, 7) is 0. The second-order valence-electron chi connectivity index (χ2n) is 7.67. The predicted octanol–water partition coefficient (Wildman–Crippen LogP) is 5.69. The number of fused-ring (bicyclic) bond motifs is 1. The van der Waals surface area contributed by atoms with Crippen LogP contribution in [0, 0.1) is 0 Å². The standard InChI is InChI=1S/C24H24N4/c25-23-21(20-13-11-18(12-14-20)17-7-3-1-4-8-17)15-26-24-22(16-27-28(23)24)19-9-5-2-6-10-19/h2,5-6,9-17H,1,3-4,7-8,25H2. The summed E-state index contributed by atoms with van der Waals surface area (Å²) < 4.78 is 1.74. The van der Waals surface area contributed by atoms with Crippen molar-refractivity contribution in [3.63, 3.8) is 0 Å². The van der Waals surface area contributed by atoms with Crippen LogP contribution in [-0.4, -0.2) is 14.6 Å². The lowest BCUT2D eigenvalue weighted by atomic mass is 9.84. The average molecular weight is 368 g/mol. The first-order valence-electron chi connectivity index (χ1n) is 10.1. The van der Waals surface area contributed by atoms with E-state index in [9.17, 15) is 0 Å². The van der Waals surface area contributed by atoms with Crippen LogP contribution in [0.4, 0.5) is 5.82 Å². The molecule has 1 saturated carbocycles. The molecule has 1 aliphatic carbocycles. The van der Waals surface area contributed by atoms with E-state index in [1.54, 1.807) is 4.52 Å². The van der Waals surface area contributed by atoms with E-state index in [0.717, 1.165) is 27.9 Å². The van der Waals surface area contributed by atoms with Crippen molar-refractivity contribution >= 4 is 11.5 Å². The van der Waals surface area contributed by atoms with Gasteiger partial charge < -0.3 is 5.73 Å². The average Bonchev–Trinajstić information content (AvgIpc) is 3.21. The van der Waals surface area contributed by atoms with Gasteiger partial charge in [0, 0.05) is 17.3 Å². The van der Waals surface area contributed by atoms with Crippen molar-refractivity contribution < 1.29 is 0 Å². The molecule has 4 nitrogen and oxygen atoms in total. The van der Waals surface area contributed by atoms with Crippen LogP contribution in [0.1, 0.15) is 43.6 Å². The summed E-state index contributed by atoms with van der Waals surface area (Å²) in [6, 6.07) is 19.0. The summed E-state index contributed by atoms with van der Waals surface area (Å²) in [6.07, 6.45) is 10.4. The molecule has 0 amide bonds. The van der Waals surface area contributed by atoms with Gasteiger partial charge in [0.25, 0.3) is 0 Å². The molecule has 0 aliphatic heterocycles. The summed E-state index contributed by atoms with van der Waals surface area (Å²) in [4.78, 5) is 4.69. The van der Waals surface area contributed by atoms with E-state index in [4.69, 9.17) is 5.73 Å². The third-order valence-electron chi connectivity index (χ3n) is 5.95. The molecule has 28 heavy (non-hydrogen) atoms. The van der Waals surface area contributed by atoms with E-state index in [0.29, 0.717) is 11.7 Å². The second kappa shape index (κ2) is 7.12. The number of anilines is 1. The van der Waals surface area contributed by atoms with E-state index in [-0.39, 0.29) is 0 Å². The Balaban J connectivity index is 1.50. The molecule has 0 saturated heterocycles. The molecule has 0 unspecified atom stereocenters. The first kappa shape index (κ1) is 17.0. The fourth-order valence-corrected chi connectivity index (χ4v) is 4.36. The second-order valence-corrected chi connectivity index (χ2v) is 7.67. The highest BCUT2D eigenvalue weighted by Gasteiger charge is 2.17. The van der Waals surface area contributed by atoms with Crippen LogP contribution in [-0.2, 0) is 0 Å². The van der Waals surface area contributed by atoms with Gasteiger partial charge in [-0.25, -0.2) is 4.98 Å². The van der Waals surface area contributed by atoms with Crippen molar-refractivity contribution in [2.45, 2.75) is 38.0 Å². The molecule has 2 heterocycles. The molecule has 2 N–H and O–H groups in total. The Morgan fingerprint density at radius 3 is 2.25 bits per heavy atom. The van der Waals surface area contributed by atoms with Gasteiger partial charge in [-0.3, -0.25) is 0 Å². The maximum absolute atomic E-state index is 6.48.